The molecular formula is C24H26FN3O3. The molecule has 0 aliphatic carbocycles. The molecule has 0 radical (unpaired) electrons. The van der Waals surface area contributed by atoms with Crippen molar-refractivity contribution in [2.75, 3.05) is 19.0 Å². The maximum absolute atomic E-state index is 13.9. The van der Waals surface area contributed by atoms with Gasteiger partial charge in [-0.2, -0.15) is 0 Å². The van der Waals surface area contributed by atoms with Crippen molar-refractivity contribution in [1.29, 1.82) is 0 Å². The number of hydrogen-bond donors (Lipinski definition) is 3. The predicted octanol–water partition coefficient (Wildman–Crippen LogP) is 4.14. The first-order chi connectivity index (χ1) is 15.1. The Morgan fingerprint density at radius 1 is 1.19 bits per heavy atom. The van der Waals surface area contributed by atoms with Crippen molar-refractivity contribution in [3.8, 4) is 17.0 Å². The highest BCUT2D eigenvalue weighted by Crippen LogP contribution is 2.27. The molecule has 1 aromatic heterocycles. The molecule has 0 atom stereocenters. The Balaban J connectivity index is 1.87. The number of halogens is 1. The van der Waals surface area contributed by atoms with Crippen molar-refractivity contribution in [1.82, 2.24) is 10.3 Å². The number of ether oxygens (including phenoxy) is 1. The zero-order valence-electron chi connectivity index (χ0n) is 17.6. The van der Waals surface area contributed by atoms with Gasteiger partial charge in [-0.25, -0.2) is 4.39 Å². The van der Waals surface area contributed by atoms with Crippen molar-refractivity contribution in [2.24, 2.45) is 0 Å². The number of rotatable bonds is 9. The number of aliphatic hydroxyl groups excluding tert-OH is 1. The van der Waals surface area contributed by atoms with Gasteiger partial charge in [-0.3, -0.25) is 9.78 Å². The van der Waals surface area contributed by atoms with Gasteiger partial charge in [-0.15, -0.1) is 0 Å². The molecule has 1 amide bonds. The van der Waals surface area contributed by atoms with Gasteiger partial charge in [0.2, 0.25) is 0 Å². The number of pyridine rings is 1. The highest BCUT2D eigenvalue weighted by molar-refractivity contribution is 6.00. The summed E-state index contributed by atoms with van der Waals surface area (Å²) < 4.78 is 18.9. The average molecular weight is 423 g/mol. The molecule has 1 heterocycles. The number of nitrogens with zero attached hydrogens (tertiary/aromatic N) is 1. The number of carbonyl (C=O) groups is 1. The van der Waals surface area contributed by atoms with Crippen LogP contribution in [0.3, 0.4) is 0 Å². The second-order valence-corrected chi connectivity index (χ2v) is 7.01. The monoisotopic (exact) mass is 423 g/mol. The number of amides is 1. The number of aliphatic hydroxyl groups is 1. The lowest BCUT2D eigenvalue weighted by atomic mass is 10.0. The van der Waals surface area contributed by atoms with Crippen LogP contribution in [0.25, 0.3) is 11.3 Å². The number of carbonyl (C=O) groups excluding carboxylic acids is 1. The molecule has 0 bridgehead atoms. The van der Waals surface area contributed by atoms with E-state index in [1.54, 1.807) is 30.5 Å². The zero-order chi connectivity index (χ0) is 22.2. The van der Waals surface area contributed by atoms with E-state index in [0.29, 0.717) is 28.1 Å². The van der Waals surface area contributed by atoms with Gasteiger partial charge >= 0.3 is 0 Å². The number of nitrogens with one attached hydrogen (secondary N) is 2. The van der Waals surface area contributed by atoms with Crippen LogP contribution < -0.4 is 15.4 Å². The van der Waals surface area contributed by atoms with Crippen LogP contribution in [-0.2, 0) is 13.2 Å². The predicted molar refractivity (Wildman–Crippen MR) is 118 cm³/mol. The van der Waals surface area contributed by atoms with Gasteiger partial charge in [0.1, 0.15) is 0 Å². The third-order valence-electron chi connectivity index (χ3n) is 4.83. The molecule has 3 rings (SSSR count). The fourth-order valence-corrected chi connectivity index (χ4v) is 3.22. The molecule has 0 aliphatic rings. The van der Waals surface area contributed by atoms with Gasteiger partial charge in [-0.1, -0.05) is 25.1 Å². The first kappa shape index (κ1) is 22.2. The molecule has 3 aromatic rings. The normalized spacial score (nSPS) is 10.6. The molecule has 0 unspecified atom stereocenters. The van der Waals surface area contributed by atoms with E-state index in [9.17, 15) is 14.3 Å². The molecule has 31 heavy (non-hydrogen) atoms. The summed E-state index contributed by atoms with van der Waals surface area (Å²) in [5, 5.41) is 15.7. The lowest BCUT2D eigenvalue weighted by Gasteiger charge is -2.15. The molecule has 6 nitrogen and oxygen atoms in total. The Kier molecular flexibility index (Phi) is 7.56. The smallest absolute Gasteiger partial charge is 0.253 e. The molecule has 0 aliphatic heterocycles. The number of benzene rings is 2. The van der Waals surface area contributed by atoms with Crippen molar-refractivity contribution in [2.45, 2.75) is 26.5 Å². The summed E-state index contributed by atoms with van der Waals surface area (Å²) in [4.78, 5) is 17.4. The van der Waals surface area contributed by atoms with Crippen LogP contribution in [0.4, 0.5) is 10.1 Å². The Hall–Kier alpha value is -3.45. The number of hydrogen-bond acceptors (Lipinski definition) is 5. The summed E-state index contributed by atoms with van der Waals surface area (Å²) >= 11 is 0. The topological polar surface area (TPSA) is 83.5 Å². The summed E-state index contributed by atoms with van der Waals surface area (Å²) in [5.41, 5.74) is 3.81. The Morgan fingerprint density at radius 2 is 2.03 bits per heavy atom. The van der Waals surface area contributed by atoms with Crippen LogP contribution in [0.5, 0.6) is 5.75 Å². The van der Waals surface area contributed by atoms with E-state index in [0.717, 1.165) is 18.5 Å². The summed E-state index contributed by atoms with van der Waals surface area (Å²) in [5.74, 6) is -0.615. The van der Waals surface area contributed by atoms with E-state index in [4.69, 9.17) is 4.74 Å². The first-order valence-corrected chi connectivity index (χ1v) is 10.1. The van der Waals surface area contributed by atoms with Crippen LogP contribution >= 0.6 is 0 Å². The van der Waals surface area contributed by atoms with E-state index < -0.39 is 5.82 Å². The molecule has 0 fully saturated rings. The molecule has 162 valence electrons. The van der Waals surface area contributed by atoms with Crippen LogP contribution in [0.1, 0.15) is 34.8 Å². The third-order valence-corrected chi connectivity index (χ3v) is 4.83. The van der Waals surface area contributed by atoms with Crippen LogP contribution in [-0.4, -0.2) is 29.7 Å². The molecule has 0 saturated carbocycles. The van der Waals surface area contributed by atoms with Crippen LogP contribution in [0.15, 0.2) is 54.7 Å². The van der Waals surface area contributed by atoms with Gasteiger partial charge in [0, 0.05) is 36.1 Å². The maximum atomic E-state index is 13.9. The van der Waals surface area contributed by atoms with E-state index in [-0.39, 0.29) is 24.8 Å². The summed E-state index contributed by atoms with van der Waals surface area (Å²) in [6.07, 6.45) is 2.55. The second-order valence-electron chi connectivity index (χ2n) is 7.01. The molecule has 3 N–H and O–H groups in total. The van der Waals surface area contributed by atoms with Gasteiger partial charge < -0.3 is 20.5 Å². The van der Waals surface area contributed by atoms with E-state index in [1.807, 2.05) is 19.1 Å². The second kappa shape index (κ2) is 10.5. The first-order valence-electron chi connectivity index (χ1n) is 10.1. The number of aromatic nitrogens is 1. The Morgan fingerprint density at radius 3 is 2.74 bits per heavy atom. The molecule has 0 saturated heterocycles. The lowest BCUT2D eigenvalue weighted by Crippen LogP contribution is -2.24. The number of methoxy groups -OCH3 is 1. The fraction of sp³-hybridized carbons (Fsp3) is 0.250. The maximum Gasteiger partial charge on any atom is 0.253 e. The Labute approximate surface area is 181 Å². The fourth-order valence-electron chi connectivity index (χ4n) is 3.22. The van der Waals surface area contributed by atoms with Gasteiger partial charge in [0.15, 0.2) is 11.6 Å². The lowest BCUT2D eigenvalue weighted by molar-refractivity contribution is 0.0951. The zero-order valence-corrected chi connectivity index (χ0v) is 17.6. The van der Waals surface area contributed by atoms with Crippen molar-refractivity contribution < 1.29 is 19.0 Å². The van der Waals surface area contributed by atoms with Crippen molar-refractivity contribution >= 4 is 11.6 Å². The number of anilines is 1. The van der Waals surface area contributed by atoms with Crippen LogP contribution in [0.2, 0.25) is 0 Å². The molecular weight excluding hydrogens is 397 g/mol. The standard InChI is InChI=1S/C24H26FN3O3/c1-3-10-26-21-8-7-17(23-18(15-29)5-4-11-27-23)13-19(21)24(30)28-14-16-6-9-22(31-2)20(25)12-16/h4-9,11-13,26,29H,3,10,14-15H2,1-2H3,(H,28,30). The van der Waals surface area contributed by atoms with E-state index in [1.165, 1.54) is 19.2 Å². The summed E-state index contributed by atoms with van der Waals surface area (Å²) in [7, 11) is 1.40. The highest BCUT2D eigenvalue weighted by Gasteiger charge is 2.15. The van der Waals surface area contributed by atoms with E-state index >= 15 is 0 Å². The highest BCUT2D eigenvalue weighted by atomic mass is 19.1. The molecule has 0 spiro atoms. The summed E-state index contributed by atoms with van der Waals surface area (Å²) in [6, 6.07) is 13.6. The SMILES string of the molecule is CCCNc1ccc(-c2ncccc2CO)cc1C(=O)NCc1ccc(OC)c(F)c1. The van der Waals surface area contributed by atoms with Gasteiger partial charge in [-0.05, 0) is 42.3 Å². The minimum Gasteiger partial charge on any atom is -0.494 e. The largest absolute Gasteiger partial charge is 0.494 e. The Bertz CT molecular complexity index is 1060. The minimum absolute atomic E-state index is 0.149. The quantitative estimate of drug-likeness (QED) is 0.482. The average Bonchev–Trinajstić information content (AvgIpc) is 2.81. The van der Waals surface area contributed by atoms with Crippen LogP contribution in [0, 0.1) is 5.82 Å². The van der Waals surface area contributed by atoms with Crippen molar-refractivity contribution in [3.05, 3.63) is 77.2 Å². The third kappa shape index (κ3) is 5.38. The minimum atomic E-state index is -0.478. The molecule has 2 aromatic carbocycles. The van der Waals surface area contributed by atoms with Gasteiger partial charge in [0.25, 0.3) is 5.91 Å². The summed E-state index contributed by atoms with van der Waals surface area (Å²) in [6.45, 7) is 2.78. The molecule has 7 heteroatoms. The van der Waals surface area contributed by atoms with Crippen molar-refractivity contribution in [3.63, 3.8) is 0 Å². The van der Waals surface area contributed by atoms with E-state index in [2.05, 4.69) is 15.6 Å². The van der Waals surface area contributed by atoms with Gasteiger partial charge in [0.05, 0.1) is 25.0 Å².